The molecule has 16 heavy (non-hydrogen) atoms. The first kappa shape index (κ1) is 12.2. The standard InChI is InChI=1S/C10H16N4S2/c1-7-10(16-5-4-15-7)9(14-11)8-6-12-2-3-13-8/h2-3,6-7,9-10,14H,4-5,11H2,1H3. The maximum Gasteiger partial charge on any atom is 0.0781 e. The van der Waals surface area contributed by atoms with Crippen molar-refractivity contribution < 1.29 is 0 Å². The van der Waals surface area contributed by atoms with E-state index in [4.69, 9.17) is 5.84 Å². The summed E-state index contributed by atoms with van der Waals surface area (Å²) >= 11 is 3.97. The average Bonchev–Trinajstić information content (AvgIpc) is 2.34. The second-order valence-electron chi connectivity index (χ2n) is 3.69. The highest BCUT2D eigenvalue weighted by Crippen LogP contribution is 2.37. The van der Waals surface area contributed by atoms with Crippen molar-refractivity contribution in [2.24, 2.45) is 5.84 Å². The van der Waals surface area contributed by atoms with E-state index in [1.807, 2.05) is 23.5 Å². The fourth-order valence-corrected chi connectivity index (χ4v) is 4.75. The minimum absolute atomic E-state index is 0.0847. The number of hydrazine groups is 1. The van der Waals surface area contributed by atoms with E-state index in [2.05, 4.69) is 22.3 Å². The Morgan fingerprint density at radius 2 is 2.25 bits per heavy atom. The Labute approximate surface area is 104 Å². The molecular formula is C10H16N4S2. The second-order valence-corrected chi connectivity index (χ2v) is 6.46. The summed E-state index contributed by atoms with van der Waals surface area (Å²) in [6, 6.07) is 0.0847. The molecule has 88 valence electrons. The highest BCUT2D eigenvalue weighted by Gasteiger charge is 2.31. The summed E-state index contributed by atoms with van der Waals surface area (Å²) in [5, 5.41) is 1.04. The molecule has 6 heteroatoms. The third-order valence-corrected chi connectivity index (χ3v) is 5.84. The Hall–Kier alpha value is -0.300. The molecule has 1 fully saturated rings. The predicted molar refractivity (Wildman–Crippen MR) is 70.3 cm³/mol. The molecule has 1 aromatic rings. The normalized spacial score (nSPS) is 27.6. The number of nitrogens with one attached hydrogen (secondary N) is 1. The number of nitrogens with zero attached hydrogens (tertiary/aromatic N) is 2. The lowest BCUT2D eigenvalue weighted by Gasteiger charge is -2.33. The molecular weight excluding hydrogens is 240 g/mol. The molecule has 3 unspecified atom stereocenters. The van der Waals surface area contributed by atoms with Gasteiger partial charge < -0.3 is 0 Å². The van der Waals surface area contributed by atoms with E-state index in [0.29, 0.717) is 10.5 Å². The van der Waals surface area contributed by atoms with Crippen LogP contribution in [0.5, 0.6) is 0 Å². The van der Waals surface area contributed by atoms with Crippen molar-refractivity contribution in [1.29, 1.82) is 0 Å². The van der Waals surface area contributed by atoms with Crippen LogP contribution in [0.2, 0.25) is 0 Å². The molecule has 1 aromatic heterocycles. The summed E-state index contributed by atoms with van der Waals surface area (Å²) in [6.07, 6.45) is 5.19. The fraction of sp³-hybridized carbons (Fsp3) is 0.600. The lowest BCUT2D eigenvalue weighted by Crippen LogP contribution is -2.41. The molecule has 0 saturated carbocycles. The molecule has 1 aliphatic rings. The van der Waals surface area contributed by atoms with Crippen LogP contribution in [-0.2, 0) is 0 Å². The maximum atomic E-state index is 5.66. The summed E-state index contributed by atoms with van der Waals surface area (Å²) in [5.41, 5.74) is 3.81. The Kier molecular flexibility index (Phi) is 4.45. The van der Waals surface area contributed by atoms with E-state index in [-0.39, 0.29) is 6.04 Å². The molecule has 3 N–H and O–H groups in total. The monoisotopic (exact) mass is 256 g/mol. The van der Waals surface area contributed by atoms with Gasteiger partial charge in [-0.2, -0.15) is 23.5 Å². The summed E-state index contributed by atoms with van der Waals surface area (Å²) in [5.74, 6) is 8.06. The molecule has 4 nitrogen and oxygen atoms in total. The zero-order chi connectivity index (χ0) is 11.4. The summed E-state index contributed by atoms with van der Waals surface area (Å²) in [7, 11) is 0. The van der Waals surface area contributed by atoms with E-state index in [1.165, 1.54) is 11.5 Å². The zero-order valence-corrected chi connectivity index (χ0v) is 10.8. The van der Waals surface area contributed by atoms with Crippen molar-refractivity contribution in [2.75, 3.05) is 11.5 Å². The number of hydrogen-bond acceptors (Lipinski definition) is 6. The number of thioether (sulfide) groups is 2. The van der Waals surface area contributed by atoms with E-state index in [0.717, 1.165) is 5.69 Å². The van der Waals surface area contributed by atoms with Crippen molar-refractivity contribution in [3.63, 3.8) is 0 Å². The SMILES string of the molecule is CC1SCCSC1C(NN)c1cnccn1. The van der Waals surface area contributed by atoms with Crippen LogP contribution in [0.3, 0.4) is 0 Å². The maximum absolute atomic E-state index is 5.66. The van der Waals surface area contributed by atoms with Gasteiger partial charge in [-0.15, -0.1) is 0 Å². The van der Waals surface area contributed by atoms with Crippen LogP contribution in [0.15, 0.2) is 18.6 Å². The van der Waals surface area contributed by atoms with Crippen molar-refractivity contribution in [2.45, 2.75) is 23.5 Å². The highest BCUT2D eigenvalue weighted by molar-refractivity contribution is 8.07. The van der Waals surface area contributed by atoms with Gasteiger partial charge >= 0.3 is 0 Å². The molecule has 0 aliphatic carbocycles. The first-order chi connectivity index (χ1) is 7.83. The molecule has 2 rings (SSSR count). The Balaban J connectivity index is 2.15. The summed E-state index contributed by atoms with van der Waals surface area (Å²) in [6.45, 7) is 2.25. The van der Waals surface area contributed by atoms with Crippen LogP contribution in [0.4, 0.5) is 0 Å². The number of aromatic nitrogens is 2. The van der Waals surface area contributed by atoms with Gasteiger partial charge in [-0.05, 0) is 0 Å². The Morgan fingerprint density at radius 3 is 2.88 bits per heavy atom. The Morgan fingerprint density at radius 1 is 1.44 bits per heavy atom. The van der Waals surface area contributed by atoms with Crippen LogP contribution < -0.4 is 11.3 Å². The van der Waals surface area contributed by atoms with E-state index in [9.17, 15) is 0 Å². The largest absolute Gasteiger partial charge is 0.271 e. The van der Waals surface area contributed by atoms with Crippen molar-refractivity contribution in [3.8, 4) is 0 Å². The van der Waals surface area contributed by atoms with E-state index >= 15 is 0 Å². The van der Waals surface area contributed by atoms with Gasteiger partial charge in [0.05, 0.1) is 17.9 Å². The fourth-order valence-electron chi connectivity index (χ4n) is 1.84. The van der Waals surface area contributed by atoms with E-state index < -0.39 is 0 Å². The molecule has 0 bridgehead atoms. The van der Waals surface area contributed by atoms with Crippen LogP contribution in [0, 0.1) is 0 Å². The van der Waals surface area contributed by atoms with Crippen LogP contribution in [0.25, 0.3) is 0 Å². The van der Waals surface area contributed by atoms with Gasteiger partial charge in [0.25, 0.3) is 0 Å². The summed E-state index contributed by atoms with van der Waals surface area (Å²) < 4.78 is 0. The molecule has 3 atom stereocenters. The second kappa shape index (κ2) is 5.86. The average molecular weight is 256 g/mol. The van der Waals surface area contributed by atoms with E-state index in [1.54, 1.807) is 18.6 Å². The third kappa shape index (κ3) is 2.68. The lowest BCUT2D eigenvalue weighted by atomic mass is 10.1. The Bertz CT molecular complexity index is 322. The van der Waals surface area contributed by atoms with Crippen molar-refractivity contribution >= 4 is 23.5 Å². The molecule has 1 saturated heterocycles. The van der Waals surface area contributed by atoms with Gasteiger partial charge in [0.15, 0.2) is 0 Å². The molecule has 0 radical (unpaired) electrons. The molecule has 2 heterocycles. The minimum atomic E-state index is 0.0847. The van der Waals surface area contributed by atoms with Crippen LogP contribution in [-0.4, -0.2) is 32.0 Å². The van der Waals surface area contributed by atoms with Crippen molar-refractivity contribution in [3.05, 3.63) is 24.3 Å². The predicted octanol–water partition coefficient (Wildman–Crippen LogP) is 1.22. The first-order valence-corrected chi connectivity index (χ1v) is 7.38. The topological polar surface area (TPSA) is 63.8 Å². The van der Waals surface area contributed by atoms with Gasteiger partial charge in [0.1, 0.15) is 0 Å². The van der Waals surface area contributed by atoms with Gasteiger partial charge in [-0.3, -0.25) is 21.2 Å². The minimum Gasteiger partial charge on any atom is -0.271 e. The van der Waals surface area contributed by atoms with Gasteiger partial charge in [-0.1, -0.05) is 6.92 Å². The van der Waals surface area contributed by atoms with Crippen molar-refractivity contribution in [1.82, 2.24) is 15.4 Å². The number of rotatable bonds is 3. The zero-order valence-electron chi connectivity index (χ0n) is 9.17. The van der Waals surface area contributed by atoms with Gasteiger partial charge in [-0.25, -0.2) is 0 Å². The van der Waals surface area contributed by atoms with Crippen LogP contribution >= 0.6 is 23.5 Å². The number of hydrogen-bond donors (Lipinski definition) is 2. The molecule has 0 aromatic carbocycles. The van der Waals surface area contributed by atoms with Gasteiger partial charge in [0, 0.05) is 34.4 Å². The summed E-state index contributed by atoms with van der Waals surface area (Å²) in [4.78, 5) is 8.43. The number of nitrogens with two attached hydrogens (primary N) is 1. The molecule has 1 aliphatic heterocycles. The van der Waals surface area contributed by atoms with Crippen LogP contribution in [0.1, 0.15) is 18.7 Å². The molecule has 0 spiro atoms. The molecule has 0 amide bonds. The smallest absolute Gasteiger partial charge is 0.0781 e. The first-order valence-electron chi connectivity index (χ1n) is 5.28. The highest BCUT2D eigenvalue weighted by atomic mass is 32.2. The quantitative estimate of drug-likeness (QED) is 0.626. The third-order valence-electron chi connectivity index (χ3n) is 2.65. The lowest BCUT2D eigenvalue weighted by molar-refractivity contribution is 0.513. The van der Waals surface area contributed by atoms with Gasteiger partial charge in [0.2, 0.25) is 0 Å².